The normalized spacial score (nSPS) is 17.5. The van der Waals surface area contributed by atoms with E-state index in [0.29, 0.717) is 24.6 Å². The Morgan fingerprint density at radius 2 is 2.26 bits per heavy atom. The smallest absolute Gasteiger partial charge is 0.170 e. The molecule has 6 heteroatoms. The van der Waals surface area contributed by atoms with Gasteiger partial charge in [0.2, 0.25) is 0 Å². The van der Waals surface area contributed by atoms with E-state index in [1.807, 2.05) is 0 Å². The topological polar surface area (TPSA) is 90.9 Å². The second-order valence-electron chi connectivity index (χ2n) is 4.82. The van der Waals surface area contributed by atoms with Gasteiger partial charge in [0.05, 0.1) is 6.10 Å². The predicted octanol–water partition coefficient (Wildman–Crippen LogP) is 0.781. The van der Waals surface area contributed by atoms with Gasteiger partial charge in [0.1, 0.15) is 5.82 Å². The number of aliphatic hydroxyl groups is 1. The molecule has 1 aliphatic carbocycles. The van der Waals surface area contributed by atoms with Gasteiger partial charge in [-0.3, -0.25) is 0 Å². The van der Waals surface area contributed by atoms with Gasteiger partial charge in [0.15, 0.2) is 5.84 Å². The zero-order valence-corrected chi connectivity index (χ0v) is 10.5. The molecule has 0 spiro atoms. The molecule has 0 bridgehead atoms. The number of hydrogen-bond acceptors (Lipinski definition) is 4. The van der Waals surface area contributed by atoms with E-state index in [1.54, 1.807) is 6.07 Å². The Labute approximate surface area is 110 Å². The van der Waals surface area contributed by atoms with Crippen LogP contribution in [0.25, 0.3) is 0 Å². The van der Waals surface area contributed by atoms with Crippen LogP contribution in [0.4, 0.5) is 4.39 Å². The molecule has 1 fully saturated rings. The predicted molar refractivity (Wildman–Crippen MR) is 69.3 cm³/mol. The number of nitrogens with one attached hydrogen (secondary N) is 1. The number of aliphatic hydroxyl groups excluding tert-OH is 1. The Kier molecular flexibility index (Phi) is 4.34. The lowest BCUT2D eigenvalue weighted by Crippen LogP contribution is -2.29. The van der Waals surface area contributed by atoms with Crippen LogP contribution >= 0.6 is 0 Å². The lowest BCUT2D eigenvalue weighted by atomic mass is 10.1. The standard InChI is InChI=1S/C13H18FN3O2/c14-10-4-3-9(11(5-10)13(15)17-19)6-16-7-12(18)8-1-2-8/h3-5,8,12,16,18-19H,1-2,6-7H2,(H2,15,17). The summed E-state index contributed by atoms with van der Waals surface area (Å²) in [6, 6.07) is 4.13. The van der Waals surface area contributed by atoms with Gasteiger partial charge in [-0.1, -0.05) is 11.2 Å². The first-order chi connectivity index (χ1) is 9.11. The van der Waals surface area contributed by atoms with Crippen molar-refractivity contribution in [3.05, 3.63) is 35.1 Å². The summed E-state index contributed by atoms with van der Waals surface area (Å²) in [5.41, 5.74) is 6.59. The molecule has 1 aliphatic rings. The molecule has 1 atom stereocenters. The first-order valence-electron chi connectivity index (χ1n) is 6.27. The van der Waals surface area contributed by atoms with Crippen molar-refractivity contribution in [2.45, 2.75) is 25.5 Å². The Balaban J connectivity index is 1.98. The molecule has 0 heterocycles. The molecule has 2 rings (SSSR count). The minimum atomic E-state index is -0.441. The maximum Gasteiger partial charge on any atom is 0.170 e. The highest BCUT2D eigenvalue weighted by Gasteiger charge is 2.29. The number of hydrogen-bond donors (Lipinski definition) is 4. The highest BCUT2D eigenvalue weighted by molar-refractivity contribution is 5.98. The molecule has 104 valence electrons. The number of benzene rings is 1. The molecule has 0 radical (unpaired) electrons. The fourth-order valence-electron chi connectivity index (χ4n) is 2.00. The number of nitrogens with two attached hydrogens (primary N) is 1. The van der Waals surface area contributed by atoms with Crippen molar-refractivity contribution in [2.75, 3.05) is 6.54 Å². The molecule has 5 N–H and O–H groups in total. The van der Waals surface area contributed by atoms with E-state index in [1.165, 1.54) is 12.1 Å². The second-order valence-corrected chi connectivity index (χ2v) is 4.82. The molecular formula is C13H18FN3O2. The zero-order chi connectivity index (χ0) is 13.8. The van der Waals surface area contributed by atoms with Crippen molar-refractivity contribution in [1.82, 2.24) is 5.32 Å². The summed E-state index contributed by atoms with van der Waals surface area (Å²) in [5, 5.41) is 24.4. The third-order valence-corrected chi connectivity index (χ3v) is 3.29. The van der Waals surface area contributed by atoms with Crippen LogP contribution in [-0.2, 0) is 6.54 Å². The van der Waals surface area contributed by atoms with Gasteiger partial charge in [-0.25, -0.2) is 4.39 Å². The number of rotatable bonds is 6. The summed E-state index contributed by atoms with van der Waals surface area (Å²) in [5.74, 6) is -0.160. The van der Waals surface area contributed by atoms with E-state index < -0.39 is 5.82 Å². The quantitative estimate of drug-likeness (QED) is 0.265. The van der Waals surface area contributed by atoms with E-state index >= 15 is 0 Å². The molecule has 1 unspecified atom stereocenters. The van der Waals surface area contributed by atoms with E-state index in [-0.39, 0.29) is 11.9 Å². The van der Waals surface area contributed by atoms with Gasteiger partial charge in [-0.05, 0) is 36.5 Å². The van der Waals surface area contributed by atoms with E-state index in [4.69, 9.17) is 10.9 Å². The Morgan fingerprint density at radius 3 is 2.89 bits per heavy atom. The van der Waals surface area contributed by atoms with Gasteiger partial charge in [-0.2, -0.15) is 0 Å². The Hall–Kier alpha value is -1.66. The van der Waals surface area contributed by atoms with Crippen LogP contribution in [0.2, 0.25) is 0 Å². The fourth-order valence-corrected chi connectivity index (χ4v) is 2.00. The highest BCUT2D eigenvalue weighted by atomic mass is 19.1. The Bertz CT molecular complexity index is 475. The lowest BCUT2D eigenvalue weighted by molar-refractivity contribution is 0.148. The van der Waals surface area contributed by atoms with E-state index in [0.717, 1.165) is 18.4 Å². The summed E-state index contributed by atoms with van der Waals surface area (Å²) in [4.78, 5) is 0. The van der Waals surface area contributed by atoms with Gasteiger partial charge in [-0.15, -0.1) is 0 Å². The molecule has 0 aromatic heterocycles. The van der Waals surface area contributed by atoms with Crippen molar-refractivity contribution in [1.29, 1.82) is 0 Å². The molecule has 0 aliphatic heterocycles. The van der Waals surface area contributed by atoms with Gasteiger partial charge >= 0.3 is 0 Å². The van der Waals surface area contributed by atoms with E-state index in [9.17, 15) is 9.50 Å². The van der Waals surface area contributed by atoms with Gasteiger partial charge in [0.25, 0.3) is 0 Å². The summed E-state index contributed by atoms with van der Waals surface area (Å²) >= 11 is 0. The third kappa shape index (κ3) is 3.65. The number of halogens is 1. The van der Waals surface area contributed by atoms with Gasteiger partial charge < -0.3 is 21.4 Å². The molecule has 19 heavy (non-hydrogen) atoms. The number of oxime groups is 1. The number of nitrogens with zero attached hydrogens (tertiary/aromatic N) is 1. The molecule has 1 aromatic rings. The first-order valence-corrected chi connectivity index (χ1v) is 6.27. The largest absolute Gasteiger partial charge is 0.409 e. The first kappa shape index (κ1) is 13.8. The lowest BCUT2D eigenvalue weighted by Gasteiger charge is -2.13. The molecule has 1 aromatic carbocycles. The van der Waals surface area contributed by atoms with Crippen molar-refractivity contribution >= 4 is 5.84 Å². The molecule has 5 nitrogen and oxygen atoms in total. The van der Waals surface area contributed by atoms with Crippen molar-refractivity contribution in [3.63, 3.8) is 0 Å². The summed E-state index contributed by atoms with van der Waals surface area (Å²) in [6.07, 6.45) is 1.82. The minimum absolute atomic E-state index is 0.126. The average Bonchev–Trinajstić information content (AvgIpc) is 3.23. The van der Waals surface area contributed by atoms with Crippen molar-refractivity contribution in [2.24, 2.45) is 16.8 Å². The highest BCUT2D eigenvalue weighted by Crippen LogP contribution is 2.32. The minimum Gasteiger partial charge on any atom is -0.409 e. The van der Waals surface area contributed by atoms with Crippen LogP contribution in [0.3, 0.4) is 0 Å². The average molecular weight is 267 g/mol. The molecular weight excluding hydrogens is 249 g/mol. The monoisotopic (exact) mass is 267 g/mol. The maximum atomic E-state index is 13.2. The molecule has 1 saturated carbocycles. The molecule has 0 saturated heterocycles. The SMILES string of the molecule is NC(=NO)c1cc(F)ccc1CNCC(O)C1CC1. The van der Waals surface area contributed by atoms with Crippen molar-refractivity contribution < 1.29 is 14.7 Å². The third-order valence-electron chi connectivity index (χ3n) is 3.29. The molecule has 0 amide bonds. The van der Waals surface area contributed by atoms with Crippen LogP contribution in [-0.4, -0.2) is 28.8 Å². The summed E-state index contributed by atoms with van der Waals surface area (Å²) in [7, 11) is 0. The summed E-state index contributed by atoms with van der Waals surface area (Å²) in [6.45, 7) is 0.910. The zero-order valence-electron chi connectivity index (χ0n) is 10.5. The van der Waals surface area contributed by atoms with E-state index in [2.05, 4.69) is 10.5 Å². The summed E-state index contributed by atoms with van der Waals surface area (Å²) < 4.78 is 13.2. The Morgan fingerprint density at radius 1 is 1.53 bits per heavy atom. The van der Waals surface area contributed by atoms with Crippen LogP contribution < -0.4 is 11.1 Å². The second kappa shape index (κ2) is 5.99. The van der Waals surface area contributed by atoms with Crippen LogP contribution in [0.15, 0.2) is 23.4 Å². The maximum absolute atomic E-state index is 13.2. The van der Waals surface area contributed by atoms with Crippen LogP contribution in [0.5, 0.6) is 0 Å². The fraction of sp³-hybridized carbons (Fsp3) is 0.462. The van der Waals surface area contributed by atoms with Crippen LogP contribution in [0.1, 0.15) is 24.0 Å². The number of amidine groups is 1. The van der Waals surface area contributed by atoms with Gasteiger partial charge in [0, 0.05) is 18.7 Å². The van der Waals surface area contributed by atoms with Crippen molar-refractivity contribution in [3.8, 4) is 0 Å². The van der Waals surface area contributed by atoms with Crippen LogP contribution in [0, 0.1) is 11.7 Å².